The van der Waals surface area contributed by atoms with Gasteiger partial charge >= 0.3 is 0 Å². The standard InChI is InChI=1S/C8H7BrClNO/c9-5-8(11-12)6-3-1-2-4-7(6)10/h1-4,12H,5H2/b11-8+. The van der Waals surface area contributed by atoms with Gasteiger partial charge in [0, 0.05) is 15.9 Å². The lowest BCUT2D eigenvalue weighted by molar-refractivity contribution is 0.319. The molecule has 1 aromatic carbocycles. The summed E-state index contributed by atoms with van der Waals surface area (Å²) in [5.74, 6) is 0. The Bertz CT molecular complexity index is 301. The fraction of sp³-hybridized carbons (Fsp3) is 0.125. The van der Waals surface area contributed by atoms with Crippen LogP contribution in [-0.2, 0) is 0 Å². The summed E-state index contributed by atoms with van der Waals surface area (Å²) in [6.07, 6.45) is 0. The van der Waals surface area contributed by atoms with Crippen molar-refractivity contribution in [3.8, 4) is 0 Å². The molecule has 0 radical (unpaired) electrons. The first-order valence-corrected chi connectivity index (χ1v) is 4.81. The molecule has 2 nitrogen and oxygen atoms in total. The maximum absolute atomic E-state index is 8.60. The number of benzene rings is 1. The van der Waals surface area contributed by atoms with Gasteiger partial charge in [0.1, 0.15) is 0 Å². The zero-order chi connectivity index (χ0) is 8.97. The van der Waals surface area contributed by atoms with Gasteiger partial charge < -0.3 is 5.21 Å². The smallest absolute Gasteiger partial charge is 0.0987 e. The van der Waals surface area contributed by atoms with Crippen LogP contribution in [0.3, 0.4) is 0 Å². The van der Waals surface area contributed by atoms with E-state index in [1.54, 1.807) is 12.1 Å². The average molecular weight is 249 g/mol. The summed E-state index contributed by atoms with van der Waals surface area (Å²) in [7, 11) is 0. The van der Waals surface area contributed by atoms with Crippen LogP contribution in [0.1, 0.15) is 5.56 Å². The third kappa shape index (κ3) is 1.99. The molecule has 0 spiro atoms. The van der Waals surface area contributed by atoms with Crippen LogP contribution in [0, 0.1) is 0 Å². The van der Waals surface area contributed by atoms with Gasteiger partial charge in [0.25, 0.3) is 0 Å². The van der Waals surface area contributed by atoms with Crippen molar-refractivity contribution in [1.29, 1.82) is 0 Å². The van der Waals surface area contributed by atoms with Gasteiger partial charge in [-0.3, -0.25) is 0 Å². The van der Waals surface area contributed by atoms with Gasteiger partial charge in [-0.15, -0.1) is 0 Å². The maximum Gasteiger partial charge on any atom is 0.0987 e. The molecule has 0 unspecified atom stereocenters. The molecule has 1 rings (SSSR count). The zero-order valence-electron chi connectivity index (χ0n) is 6.17. The molecule has 0 saturated heterocycles. The molecule has 0 saturated carbocycles. The van der Waals surface area contributed by atoms with E-state index >= 15 is 0 Å². The highest BCUT2D eigenvalue weighted by Gasteiger charge is 2.05. The molecule has 0 fully saturated rings. The predicted octanol–water partition coefficient (Wildman–Crippen LogP) is 2.91. The third-order valence-electron chi connectivity index (χ3n) is 1.43. The molecule has 0 bridgehead atoms. The van der Waals surface area contributed by atoms with Crippen LogP contribution in [0.5, 0.6) is 0 Å². The first kappa shape index (κ1) is 9.55. The SMILES string of the molecule is O/N=C(\CBr)c1ccccc1Cl. The van der Waals surface area contributed by atoms with Crippen molar-refractivity contribution in [1.82, 2.24) is 0 Å². The summed E-state index contributed by atoms with van der Waals surface area (Å²) in [4.78, 5) is 0. The topological polar surface area (TPSA) is 32.6 Å². The summed E-state index contributed by atoms with van der Waals surface area (Å²) in [5, 5.41) is 12.8. The largest absolute Gasteiger partial charge is 0.411 e. The van der Waals surface area contributed by atoms with E-state index < -0.39 is 0 Å². The molecule has 0 heterocycles. The molecule has 0 aromatic heterocycles. The minimum Gasteiger partial charge on any atom is -0.411 e. The van der Waals surface area contributed by atoms with Gasteiger partial charge in [-0.2, -0.15) is 0 Å². The van der Waals surface area contributed by atoms with Crippen molar-refractivity contribution in [3.63, 3.8) is 0 Å². The van der Waals surface area contributed by atoms with Crippen LogP contribution >= 0.6 is 27.5 Å². The number of nitrogens with zero attached hydrogens (tertiary/aromatic N) is 1. The highest BCUT2D eigenvalue weighted by Crippen LogP contribution is 2.16. The number of oxime groups is 1. The summed E-state index contributed by atoms with van der Waals surface area (Å²) in [5.41, 5.74) is 1.28. The van der Waals surface area contributed by atoms with Gasteiger partial charge in [-0.25, -0.2) is 0 Å². The fourth-order valence-corrected chi connectivity index (χ4v) is 1.51. The highest BCUT2D eigenvalue weighted by atomic mass is 79.9. The molecular weight excluding hydrogens is 241 g/mol. The van der Waals surface area contributed by atoms with Crippen molar-refractivity contribution in [2.24, 2.45) is 5.16 Å². The molecule has 0 atom stereocenters. The lowest BCUT2D eigenvalue weighted by Gasteiger charge is -2.01. The summed E-state index contributed by atoms with van der Waals surface area (Å²) in [6.45, 7) is 0. The summed E-state index contributed by atoms with van der Waals surface area (Å²) in [6, 6.07) is 7.23. The second-order valence-electron chi connectivity index (χ2n) is 2.16. The molecule has 4 heteroatoms. The van der Waals surface area contributed by atoms with Gasteiger partial charge in [0.15, 0.2) is 0 Å². The molecule has 0 aliphatic carbocycles. The van der Waals surface area contributed by atoms with E-state index in [-0.39, 0.29) is 0 Å². The first-order valence-electron chi connectivity index (χ1n) is 3.31. The Balaban J connectivity index is 3.10. The molecule has 64 valence electrons. The molecule has 0 amide bonds. The van der Waals surface area contributed by atoms with Crippen molar-refractivity contribution in [2.45, 2.75) is 0 Å². The summed E-state index contributed by atoms with van der Waals surface area (Å²) < 4.78 is 0. The normalized spacial score (nSPS) is 11.7. The first-order chi connectivity index (χ1) is 5.79. The Kier molecular flexibility index (Phi) is 3.56. The molecule has 1 aromatic rings. The van der Waals surface area contributed by atoms with Gasteiger partial charge in [-0.05, 0) is 6.07 Å². The van der Waals surface area contributed by atoms with E-state index in [1.807, 2.05) is 12.1 Å². The minimum atomic E-state index is 0.479. The third-order valence-corrected chi connectivity index (χ3v) is 2.29. The monoisotopic (exact) mass is 247 g/mol. The predicted molar refractivity (Wildman–Crippen MR) is 53.6 cm³/mol. The van der Waals surface area contributed by atoms with E-state index in [4.69, 9.17) is 16.8 Å². The number of rotatable bonds is 2. The van der Waals surface area contributed by atoms with Crippen LogP contribution < -0.4 is 0 Å². The molecule has 1 N–H and O–H groups in total. The fourth-order valence-electron chi connectivity index (χ4n) is 0.848. The second kappa shape index (κ2) is 4.48. The highest BCUT2D eigenvalue weighted by molar-refractivity contribution is 9.09. The van der Waals surface area contributed by atoms with E-state index in [0.29, 0.717) is 16.1 Å². The number of alkyl halides is 1. The lowest BCUT2D eigenvalue weighted by atomic mass is 10.1. The lowest BCUT2D eigenvalue weighted by Crippen LogP contribution is -2.02. The Morgan fingerprint density at radius 2 is 2.17 bits per heavy atom. The van der Waals surface area contributed by atoms with Crippen molar-refractivity contribution in [2.75, 3.05) is 5.33 Å². The number of hydrogen-bond acceptors (Lipinski definition) is 2. The Morgan fingerprint density at radius 3 is 2.67 bits per heavy atom. The summed E-state index contributed by atoms with van der Waals surface area (Å²) >= 11 is 9.06. The Morgan fingerprint density at radius 1 is 1.50 bits per heavy atom. The Hall–Kier alpha value is -0.540. The zero-order valence-corrected chi connectivity index (χ0v) is 8.51. The van der Waals surface area contributed by atoms with Crippen LogP contribution in [0.2, 0.25) is 5.02 Å². The van der Waals surface area contributed by atoms with E-state index in [9.17, 15) is 0 Å². The van der Waals surface area contributed by atoms with Crippen molar-refractivity contribution in [3.05, 3.63) is 34.9 Å². The van der Waals surface area contributed by atoms with Gasteiger partial charge in [0.2, 0.25) is 0 Å². The maximum atomic E-state index is 8.60. The Labute approximate surface area is 84.0 Å². The van der Waals surface area contributed by atoms with E-state index in [0.717, 1.165) is 5.56 Å². The molecule has 0 aliphatic heterocycles. The molecule has 0 aliphatic rings. The van der Waals surface area contributed by atoms with Crippen LogP contribution in [-0.4, -0.2) is 16.2 Å². The minimum absolute atomic E-state index is 0.479. The second-order valence-corrected chi connectivity index (χ2v) is 3.13. The molecule has 12 heavy (non-hydrogen) atoms. The van der Waals surface area contributed by atoms with Crippen molar-refractivity contribution >= 4 is 33.2 Å². The quantitative estimate of drug-likeness (QED) is 0.371. The van der Waals surface area contributed by atoms with E-state index in [1.165, 1.54) is 0 Å². The van der Waals surface area contributed by atoms with Gasteiger partial charge in [-0.1, -0.05) is 50.9 Å². The average Bonchev–Trinajstić information content (AvgIpc) is 2.10. The van der Waals surface area contributed by atoms with E-state index in [2.05, 4.69) is 21.1 Å². The van der Waals surface area contributed by atoms with Crippen molar-refractivity contribution < 1.29 is 5.21 Å². The van der Waals surface area contributed by atoms with Crippen LogP contribution in [0.4, 0.5) is 0 Å². The van der Waals surface area contributed by atoms with Crippen LogP contribution in [0.15, 0.2) is 29.4 Å². The molecular formula is C8H7BrClNO. The number of hydrogen-bond donors (Lipinski definition) is 1. The van der Waals surface area contributed by atoms with Gasteiger partial charge in [0.05, 0.1) is 5.71 Å². The van der Waals surface area contributed by atoms with Crippen LogP contribution in [0.25, 0.3) is 0 Å². The number of halogens is 2.